The van der Waals surface area contributed by atoms with Gasteiger partial charge in [-0.05, 0) is 35.4 Å². The topological polar surface area (TPSA) is 32.3 Å². The van der Waals surface area contributed by atoms with E-state index in [-0.39, 0.29) is 28.5 Å². The second-order valence-electron chi connectivity index (χ2n) is 5.22. The SMILES string of the molecule is CN(C)NC(=O)CSC(c1ccc(F)cc1)c1ccc(F)cc1. The molecular formula is C17H18F2N2OS. The number of rotatable bonds is 6. The van der Waals surface area contributed by atoms with Crippen molar-refractivity contribution in [2.75, 3.05) is 19.8 Å². The number of nitrogens with one attached hydrogen (secondary N) is 1. The van der Waals surface area contributed by atoms with Gasteiger partial charge in [0.2, 0.25) is 5.91 Å². The Morgan fingerprint density at radius 2 is 1.43 bits per heavy atom. The highest BCUT2D eigenvalue weighted by atomic mass is 32.2. The van der Waals surface area contributed by atoms with Gasteiger partial charge in [-0.1, -0.05) is 24.3 Å². The van der Waals surface area contributed by atoms with Crippen molar-refractivity contribution in [2.45, 2.75) is 5.25 Å². The molecule has 2 aromatic carbocycles. The molecule has 0 fully saturated rings. The minimum absolute atomic E-state index is 0.130. The largest absolute Gasteiger partial charge is 0.289 e. The highest BCUT2D eigenvalue weighted by molar-refractivity contribution is 8.00. The van der Waals surface area contributed by atoms with E-state index >= 15 is 0 Å². The van der Waals surface area contributed by atoms with Crippen LogP contribution >= 0.6 is 11.8 Å². The van der Waals surface area contributed by atoms with Gasteiger partial charge < -0.3 is 0 Å². The minimum Gasteiger partial charge on any atom is -0.289 e. The van der Waals surface area contributed by atoms with Crippen molar-refractivity contribution in [3.8, 4) is 0 Å². The number of thioether (sulfide) groups is 1. The Balaban J connectivity index is 2.19. The highest BCUT2D eigenvalue weighted by Gasteiger charge is 2.17. The van der Waals surface area contributed by atoms with Gasteiger partial charge >= 0.3 is 0 Å². The third-order valence-corrected chi connectivity index (χ3v) is 4.38. The lowest BCUT2D eigenvalue weighted by atomic mass is 10.0. The number of benzene rings is 2. The molecule has 0 spiro atoms. The molecule has 0 bridgehead atoms. The third-order valence-electron chi connectivity index (χ3n) is 3.07. The van der Waals surface area contributed by atoms with Gasteiger partial charge in [0.15, 0.2) is 0 Å². The summed E-state index contributed by atoms with van der Waals surface area (Å²) in [6, 6.07) is 12.2. The number of hydrogen-bond donors (Lipinski definition) is 1. The van der Waals surface area contributed by atoms with Crippen LogP contribution in [0, 0.1) is 11.6 Å². The predicted molar refractivity (Wildman–Crippen MR) is 88.9 cm³/mol. The molecule has 0 aliphatic heterocycles. The Labute approximate surface area is 138 Å². The number of halogens is 2. The monoisotopic (exact) mass is 336 g/mol. The van der Waals surface area contributed by atoms with Crippen molar-refractivity contribution in [2.24, 2.45) is 0 Å². The maximum atomic E-state index is 13.1. The summed E-state index contributed by atoms with van der Waals surface area (Å²) < 4.78 is 26.3. The van der Waals surface area contributed by atoms with Crippen LogP contribution in [0.2, 0.25) is 0 Å². The van der Waals surface area contributed by atoms with Crippen molar-refractivity contribution in [3.63, 3.8) is 0 Å². The van der Waals surface area contributed by atoms with Gasteiger partial charge in [-0.25, -0.2) is 13.8 Å². The molecule has 0 unspecified atom stereocenters. The summed E-state index contributed by atoms with van der Waals surface area (Å²) in [4.78, 5) is 11.8. The molecule has 0 aliphatic rings. The van der Waals surface area contributed by atoms with E-state index in [2.05, 4.69) is 5.43 Å². The Kier molecular flexibility index (Phi) is 6.12. The van der Waals surface area contributed by atoms with Gasteiger partial charge in [0.25, 0.3) is 0 Å². The molecule has 0 saturated carbocycles. The summed E-state index contributed by atoms with van der Waals surface area (Å²) in [5, 5.41) is 1.40. The Hall–Kier alpha value is -1.92. The lowest BCUT2D eigenvalue weighted by Crippen LogP contribution is -2.37. The van der Waals surface area contributed by atoms with Crippen LogP contribution in [0.3, 0.4) is 0 Å². The first kappa shape index (κ1) is 17.4. The van der Waals surface area contributed by atoms with Crippen molar-refractivity contribution in [1.29, 1.82) is 0 Å². The van der Waals surface area contributed by atoms with Crippen LogP contribution in [0.25, 0.3) is 0 Å². The molecule has 0 atom stereocenters. The first-order chi connectivity index (χ1) is 11.0. The van der Waals surface area contributed by atoms with Gasteiger partial charge in [0.05, 0.1) is 11.0 Å². The lowest BCUT2D eigenvalue weighted by Gasteiger charge is -2.18. The summed E-state index contributed by atoms with van der Waals surface area (Å²) in [5.74, 6) is -0.532. The third kappa shape index (κ3) is 5.33. The summed E-state index contributed by atoms with van der Waals surface area (Å²) in [7, 11) is 3.47. The van der Waals surface area contributed by atoms with E-state index in [1.807, 2.05) is 0 Å². The zero-order valence-electron chi connectivity index (χ0n) is 12.9. The fourth-order valence-electron chi connectivity index (χ4n) is 2.10. The van der Waals surface area contributed by atoms with Gasteiger partial charge in [-0.2, -0.15) is 0 Å². The molecule has 0 saturated heterocycles. The molecule has 122 valence electrons. The standard InChI is InChI=1S/C17H18F2N2OS/c1-21(2)20-16(22)11-23-17(12-3-7-14(18)8-4-12)13-5-9-15(19)10-6-13/h3-10,17H,11H2,1-2H3,(H,20,22). The second kappa shape index (κ2) is 8.08. The molecule has 2 rings (SSSR count). The average molecular weight is 336 g/mol. The van der Waals surface area contributed by atoms with Crippen molar-refractivity contribution >= 4 is 17.7 Å². The van der Waals surface area contributed by atoms with Crippen molar-refractivity contribution in [1.82, 2.24) is 10.4 Å². The maximum absolute atomic E-state index is 13.1. The second-order valence-corrected chi connectivity index (χ2v) is 6.32. The molecule has 1 amide bonds. The molecule has 1 N–H and O–H groups in total. The number of amides is 1. The molecule has 0 aromatic heterocycles. The quantitative estimate of drug-likeness (QED) is 0.821. The fraction of sp³-hybridized carbons (Fsp3) is 0.235. The molecule has 2 aromatic rings. The van der Waals surface area contributed by atoms with Gasteiger partial charge in [0, 0.05) is 14.1 Å². The van der Waals surface area contributed by atoms with Crippen LogP contribution in [-0.2, 0) is 4.79 Å². The zero-order chi connectivity index (χ0) is 16.8. The maximum Gasteiger partial charge on any atom is 0.244 e. The van der Waals surface area contributed by atoms with Crippen LogP contribution < -0.4 is 5.43 Å². The normalized spacial score (nSPS) is 11.0. The van der Waals surface area contributed by atoms with E-state index in [0.29, 0.717) is 0 Å². The van der Waals surface area contributed by atoms with Crippen LogP contribution in [0.5, 0.6) is 0 Å². The number of hydrazine groups is 1. The van der Waals surface area contributed by atoms with Crippen LogP contribution in [-0.4, -0.2) is 30.8 Å². The van der Waals surface area contributed by atoms with E-state index in [0.717, 1.165) is 11.1 Å². The van der Waals surface area contributed by atoms with Gasteiger partial charge in [-0.15, -0.1) is 11.8 Å². The Morgan fingerprint density at radius 1 is 1.00 bits per heavy atom. The van der Waals surface area contributed by atoms with Crippen molar-refractivity contribution in [3.05, 3.63) is 71.3 Å². The van der Waals surface area contributed by atoms with E-state index in [1.165, 1.54) is 36.0 Å². The first-order valence-electron chi connectivity index (χ1n) is 7.05. The molecular weight excluding hydrogens is 318 g/mol. The minimum atomic E-state index is -0.318. The summed E-state index contributed by atoms with van der Waals surface area (Å²) >= 11 is 1.41. The van der Waals surface area contributed by atoms with Crippen LogP contribution in [0.1, 0.15) is 16.4 Å². The first-order valence-corrected chi connectivity index (χ1v) is 8.10. The lowest BCUT2D eigenvalue weighted by molar-refractivity contribution is -0.122. The van der Waals surface area contributed by atoms with Gasteiger partial charge in [-0.3, -0.25) is 10.2 Å². The molecule has 3 nitrogen and oxygen atoms in total. The van der Waals surface area contributed by atoms with Crippen LogP contribution in [0.15, 0.2) is 48.5 Å². The number of hydrogen-bond acceptors (Lipinski definition) is 3. The molecule has 23 heavy (non-hydrogen) atoms. The molecule has 0 heterocycles. The van der Waals surface area contributed by atoms with Crippen LogP contribution in [0.4, 0.5) is 8.78 Å². The number of carbonyl (C=O) groups is 1. The zero-order valence-corrected chi connectivity index (χ0v) is 13.7. The Bertz CT molecular complexity index is 599. The smallest absolute Gasteiger partial charge is 0.244 e. The van der Waals surface area contributed by atoms with E-state index in [9.17, 15) is 13.6 Å². The summed E-state index contributed by atoms with van der Waals surface area (Å²) in [6.07, 6.45) is 0. The van der Waals surface area contributed by atoms with E-state index < -0.39 is 0 Å². The molecule has 0 aliphatic carbocycles. The predicted octanol–water partition coefficient (Wildman–Crippen LogP) is 3.38. The summed E-state index contributed by atoms with van der Waals surface area (Å²) in [5.41, 5.74) is 4.40. The molecule has 6 heteroatoms. The number of nitrogens with zero attached hydrogens (tertiary/aromatic N) is 1. The average Bonchev–Trinajstić information content (AvgIpc) is 2.50. The molecule has 0 radical (unpaired) electrons. The highest BCUT2D eigenvalue weighted by Crippen LogP contribution is 2.35. The fourth-order valence-corrected chi connectivity index (χ4v) is 3.18. The van der Waals surface area contributed by atoms with E-state index in [1.54, 1.807) is 43.4 Å². The Morgan fingerprint density at radius 3 is 1.83 bits per heavy atom. The van der Waals surface area contributed by atoms with Gasteiger partial charge in [0.1, 0.15) is 11.6 Å². The van der Waals surface area contributed by atoms with E-state index in [4.69, 9.17) is 0 Å². The number of carbonyl (C=O) groups excluding carboxylic acids is 1. The van der Waals surface area contributed by atoms with Crippen molar-refractivity contribution < 1.29 is 13.6 Å². The summed E-state index contributed by atoms with van der Waals surface area (Å²) in [6.45, 7) is 0.